The highest BCUT2D eigenvalue weighted by atomic mass is 16.4. The highest BCUT2D eigenvalue weighted by Crippen LogP contribution is 2.29. The summed E-state index contributed by atoms with van der Waals surface area (Å²) in [4.78, 5) is 16.0. The van der Waals surface area contributed by atoms with E-state index in [0.717, 1.165) is 26.2 Å². The van der Waals surface area contributed by atoms with Crippen LogP contribution in [0.25, 0.3) is 0 Å². The van der Waals surface area contributed by atoms with Gasteiger partial charge in [-0.05, 0) is 17.5 Å². The summed E-state index contributed by atoms with van der Waals surface area (Å²) in [6, 6.07) is 21.0. The third-order valence-corrected chi connectivity index (χ3v) is 5.06. The highest BCUT2D eigenvalue weighted by Gasteiger charge is 2.31. The summed E-state index contributed by atoms with van der Waals surface area (Å²) in [5, 5.41) is 9.40. The molecule has 1 aliphatic heterocycles. The van der Waals surface area contributed by atoms with E-state index in [9.17, 15) is 9.90 Å². The molecule has 4 nitrogen and oxygen atoms in total. The van der Waals surface area contributed by atoms with Crippen molar-refractivity contribution in [2.75, 3.05) is 26.2 Å². The molecule has 132 valence electrons. The van der Waals surface area contributed by atoms with Crippen molar-refractivity contribution in [2.24, 2.45) is 0 Å². The average Bonchev–Trinajstić information content (AvgIpc) is 2.65. The molecule has 2 aromatic carbocycles. The summed E-state index contributed by atoms with van der Waals surface area (Å²) in [6.07, 6.45) is 0.649. The molecule has 3 rings (SSSR count). The molecular weight excluding hydrogens is 312 g/mol. The first-order valence-corrected chi connectivity index (χ1v) is 9.01. The fraction of sp³-hybridized carbons (Fsp3) is 0.381. The van der Waals surface area contributed by atoms with Crippen LogP contribution in [0.15, 0.2) is 60.7 Å². The third kappa shape index (κ3) is 4.09. The Hall–Kier alpha value is -2.17. The molecule has 0 spiro atoms. The van der Waals surface area contributed by atoms with Crippen molar-refractivity contribution in [3.05, 3.63) is 71.8 Å². The Morgan fingerprint density at radius 2 is 1.32 bits per heavy atom. The van der Waals surface area contributed by atoms with Crippen molar-refractivity contribution in [1.29, 1.82) is 0 Å². The van der Waals surface area contributed by atoms with Crippen LogP contribution in [-0.4, -0.2) is 53.1 Å². The zero-order chi connectivity index (χ0) is 17.6. The van der Waals surface area contributed by atoms with E-state index in [4.69, 9.17) is 0 Å². The minimum absolute atomic E-state index is 0.217. The number of benzene rings is 2. The quantitative estimate of drug-likeness (QED) is 0.878. The highest BCUT2D eigenvalue weighted by molar-refractivity contribution is 5.73. The van der Waals surface area contributed by atoms with Crippen molar-refractivity contribution in [1.82, 2.24) is 9.80 Å². The van der Waals surface area contributed by atoms with Crippen LogP contribution in [-0.2, 0) is 4.79 Å². The number of aliphatic carboxylic acids is 1. The van der Waals surface area contributed by atoms with Crippen LogP contribution in [0.5, 0.6) is 0 Å². The van der Waals surface area contributed by atoms with Crippen molar-refractivity contribution in [2.45, 2.75) is 25.4 Å². The molecule has 0 radical (unpaired) electrons. The maximum absolute atomic E-state index is 11.4. The number of hydrogen-bond donors (Lipinski definition) is 1. The van der Waals surface area contributed by atoms with Crippen LogP contribution in [0.4, 0.5) is 0 Å². The average molecular weight is 338 g/mol. The molecule has 0 saturated carbocycles. The molecule has 1 N–H and O–H groups in total. The molecule has 1 heterocycles. The zero-order valence-electron chi connectivity index (χ0n) is 14.7. The van der Waals surface area contributed by atoms with Crippen LogP contribution in [0, 0.1) is 0 Å². The third-order valence-electron chi connectivity index (χ3n) is 5.06. The van der Waals surface area contributed by atoms with E-state index in [1.54, 1.807) is 0 Å². The Kier molecular flexibility index (Phi) is 5.84. The minimum Gasteiger partial charge on any atom is -0.480 e. The number of piperazine rings is 1. The predicted octanol–water partition coefficient (Wildman–Crippen LogP) is 3.26. The summed E-state index contributed by atoms with van der Waals surface area (Å²) >= 11 is 0. The lowest BCUT2D eigenvalue weighted by molar-refractivity contribution is -0.144. The van der Waals surface area contributed by atoms with Gasteiger partial charge in [0.25, 0.3) is 0 Å². The second kappa shape index (κ2) is 8.28. The van der Waals surface area contributed by atoms with Gasteiger partial charge in [0.1, 0.15) is 6.04 Å². The summed E-state index contributed by atoms with van der Waals surface area (Å²) in [6.45, 7) is 5.28. The fourth-order valence-corrected chi connectivity index (χ4v) is 3.78. The Labute approximate surface area is 149 Å². The summed E-state index contributed by atoms with van der Waals surface area (Å²) in [5.74, 6) is -0.710. The summed E-state index contributed by atoms with van der Waals surface area (Å²) in [5.41, 5.74) is 2.57. The number of carboxylic acid groups (broad SMARTS) is 1. The van der Waals surface area contributed by atoms with Gasteiger partial charge in [0.05, 0.1) is 6.04 Å². The molecule has 0 aliphatic carbocycles. The van der Waals surface area contributed by atoms with Crippen LogP contribution in [0.2, 0.25) is 0 Å². The molecule has 2 aromatic rings. The molecule has 1 atom stereocenters. The molecule has 1 fully saturated rings. The number of nitrogens with zero attached hydrogens (tertiary/aromatic N) is 2. The van der Waals surface area contributed by atoms with Crippen molar-refractivity contribution in [3.8, 4) is 0 Å². The van der Waals surface area contributed by atoms with Gasteiger partial charge in [-0.15, -0.1) is 0 Å². The van der Waals surface area contributed by atoms with Gasteiger partial charge < -0.3 is 5.11 Å². The molecule has 1 unspecified atom stereocenters. The van der Waals surface area contributed by atoms with Crippen molar-refractivity contribution >= 4 is 5.97 Å². The Bertz CT molecular complexity index is 627. The zero-order valence-corrected chi connectivity index (χ0v) is 14.7. The van der Waals surface area contributed by atoms with Gasteiger partial charge in [-0.25, -0.2) is 0 Å². The Balaban J connectivity index is 1.79. The largest absolute Gasteiger partial charge is 0.480 e. The van der Waals surface area contributed by atoms with Gasteiger partial charge in [-0.2, -0.15) is 0 Å². The topological polar surface area (TPSA) is 43.8 Å². The van der Waals surface area contributed by atoms with E-state index in [0.29, 0.717) is 6.42 Å². The van der Waals surface area contributed by atoms with E-state index < -0.39 is 5.97 Å². The molecule has 0 bridgehead atoms. The monoisotopic (exact) mass is 338 g/mol. The van der Waals surface area contributed by atoms with Gasteiger partial charge in [-0.1, -0.05) is 67.6 Å². The summed E-state index contributed by atoms with van der Waals surface area (Å²) in [7, 11) is 0. The molecule has 25 heavy (non-hydrogen) atoms. The predicted molar refractivity (Wildman–Crippen MR) is 99.6 cm³/mol. The Morgan fingerprint density at radius 1 is 0.880 bits per heavy atom. The molecular formula is C21H26N2O2. The van der Waals surface area contributed by atoms with Crippen LogP contribution in [0.3, 0.4) is 0 Å². The SMILES string of the molecule is CCC(C(=O)O)N1CCN(C(c2ccccc2)c2ccccc2)CC1. The second-order valence-electron chi connectivity index (χ2n) is 6.56. The van der Waals surface area contributed by atoms with E-state index in [-0.39, 0.29) is 12.1 Å². The van der Waals surface area contributed by atoms with Crippen molar-refractivity contribution in [3.63, 3.8) is 0 Å². The molecule has 4 heteroatoms. The first kappa shape index (κ1) is 17.6. The fourth-order valence-electron chi connectivity index (χ4n) is 3.78. The van der Waals surface area contributed by atoms with Gasteiger partial charge in [0.2, 0.25) is 0 Å². The van der Waals surface area contributed by atoms with Crippen LogP contribution >= 0.6 is 0 Å². The van der Waals surface area contributed by atoms with E-state index in [1.165, 1.54) is 11.1 Å². The number of rotatable bonds is 6. The van der Waals surface area contributed by atoms with E-state index >= 15 is 0 Å². The minimum atomic E-state index is -0.710. The maximum atomic E-state index is 11.4. The van der Waals surface area contributed by atoms with Crippen LogP contribution < -0.4 is 0 Å². The normalized spacial score (nSPS) is 17.5. The summed E-state index contributed by atoms with van der Waals surface area (Å²) < 4.78 is 0. The van der Waals surface area contributed by atoms with Gasteiger partial charge in [0, 0.05) is 26.2 Å². The standard InChI is InChI=1S/C21H26N2O2/c1-2-19(21(24)25)22-13-15-23(16-14-22)20(17-9-5-3-6-10-17)18-11-7-4-8-12-18/h3-12,19-20H,2,13-16H2,1H3,(H,24,25). The number of carbonyl (C=O) groups is 1. The molecule has 1 aliphatic rings. The van der Waals surface area contributed by atoms with Gasteiger partial charge in [0.15, 0.2) is 0 Å². The van der Waals surface area contributed by atoms with Crippen LogP contribution in [0.1, 0.15) is 30.5 Å². The van der Waals surface area contributed by atoms with E-state index in [2.05, 4.69) is 58.3 Å². The second-order valence-corrected chi connectivity index (χ2v) is 6.56. The molecule has 0 amide bonds. The lowest BCUT2D eigenvalue weighted by atomic mass is 9.96. The molecule has 1 saturated heterocycles. The maximum Gasteiger partial charge on any atom is 0.320 e. The van der Waals surface area contributed by atoms with Crippen molar-refractivity contribution < 1.29 is 9.90 Å². The first-order chi connectivity index (χ1) is 12.2. The van der Waals surface area contributed by atoms with E-state index in [1.807, 2.05) is 19.1 Å². The smallest absolute Gasteiger partial charge is 0.320 e. The van der Waals surface area contributed by atoms with Gasteiger partial charge >= 0.3 is 5.97 Å². The first-order valence-electron chi connectivity index (χ1n) is 9.01. The number of hydrogen-bond acceptors (Lipinski definition) is 3. The van der Waals surface area contributed by atoms with Gasteiger partial charge in [-0.3, -0.25) is 14.6 Å². The number of carboxylic acids is 1. The Morgan fingerprint density at radius 3 is 1.72 bits per heavy atom. The molecule has 0 aromatic heterocycles. The lowest BCUT2D eigenvalue weighted by Crippen LogP contribution is -2.53. The lowest BCUT2D eigenvalue weighted by Gasteiger charge is -2.41.